The van der Waals surface area contributed by atoms with Gasteiger partial charge in [0, 0.05) is 25.0 Å². The van der Waals surface area contributed by atoms with E-state index in [0.29, 0.717) is 0 Å². The highest BCUT2D eigenvalue weighted by atomic mass is 16.3. The molecule has 0 amide bonds. The standard InChI is InChI=1S/C11H20N2O/c1-9-4-5-10(14-9)6-7-13-8-11(2,3)12/h4-5,13H,6-8,12H2,1-3H3. The Morgan fingerprint density at radius 2 is 2.14 bits per heavy atom. The Hall–Kier alpha value is -0.800. The van der Waals surface area contributed by atoms with Crippen LogP contribution in [0, 0.1) is 6.92 Å². The van der Waals surface area contributed by atoms with Crippen LogP contribution in [-0.4, -0.2) is 18.6 Å². The van der Waals surface area contributed by atoms with E-state index in [1.807, 2.05) is 32.9 Å². The third-order valence-corrected chi connectivity index (χ3v) is 1.92. The average Bonchev–Trinajstić information content (AvgIpc) is 2.44. The maximum atomic E-state index is 5.83. The van der Waals surface area contributed by atoms with Crippen LogP contribution in [0.3, 0.4) is 0 Å². The molecule has 0 aromatic carbocycles. The highest BCUT2D eigenvalue weighted by molar-refractivity contribution is 5.05. The molecule has 1 aromatic rings. The summed E-state index contributed by atoms with van der Waals surface area (Å²) in [5, 5.41) is 3.30. The molecule has 1 aromatic heterocycles. The Morgan fingerprint density at radius 1 is 1.43 bits per heavy atom. The number of hydrogen-bond donors (Lipinski definition) is 2. The van der Waals surface area contributed by atoms with Gasteiger partial charge in [0.05, 0.1) is 0 Å². The van der Waals surface area contributed by atoms with Crippen molar-refractivity contribution >= 4 is 0 Å². The van der Waals surface area contributed by atoms with E-state index in [4.69, 9.17) is 10.2 Å². The molecule has 3 N–H and O–H groups in total. The van der Waals surface area contributed by atoms with Gasteiger partial charge in [-0.15, -0.1) is 0 Å². The summed E-state index contributed by atoms with van der Waals surface area (Å²) in [5.41, 5.74) is 5.69. The molecule has 0 saturated carbocycles. The zero-order valence-electron chi connectivity index (χ0n) is 9.26. The molecule has 0 atom stereocenters. The fraction of sp³-hybridized carbons (Fsp3) is 0.636. The van der Waals surface area contributed by atoms with Gasteiger partial charge in [-0.2, -0.15) is 0 Å². The minimum atomic E-state index is -0.140. The molecular weight excluding hydrogens is 176 g/mol. The lowest BCUT2D eigenvalue weighted by atomic mass is 10.1. The molecule has 0 aliphatic heterocycles. The first-order chi connectivity index (χ1) is 6.47. The summed E-state index contributed by atoms with van der Waals surface area (Å²) >= 11 is 0. The van der Waals surface area contributed by atoms with Gasteiger partial charge in [0.15, 0.2) is 0 Å². The van der Waals surface area contributed by atoms with Crippen molar-refractivity contribution in [2.45, 2.75) is 32.7 Å². The van der Waals surface area contributed by atoms with E-state index in [9.17, 15) is 0 Å². The molecule has 0 saturated heterocycles. The normalized spacial score (nSPS) is 12.0. The highest BCUT2D eigenvalue weighted by Crippen LogP contribution is 2.06. The van der Waals surface area contributed by atoms with Gasteiger partial charge in [-0.25, -0.2) is 0 Å². The van der Waals surface area contributed by atoms with Crippen LogP contribution < -0.4 is 11.1 Å². The van der Waals surface area contributed by atoms with E-state index in [1.165, 1.54) is 0 Å². The Labute approximate surface area is 85.7 Å². The van der Waals surface area contributed by atoms with Crippen molar-refractivity contribution in [3.05, 3.63) is 23.7 Å². The summed E-state index contributed by atoms with van der Waals surface area (Å²) in [5.74, 6) is 2.00. The van der Waals surface area contributed by atoms with Gasteiger partial charge in [-0.1, -0.05) is 0 Å². The van der Waals surface area contributed by atoms with Crippen LogP contribution in [0.25, 0.3) is 0 Å². The van der Waals surface area contributed by atoms with Crippen LogP contribution in [0.4, 0.5) is 0 Å². The van der Waals surface area contributed by atoms with Gasteiger partial charge in [0.2, 0.25) is 0 Å². The lowest BCUT2D eigenvalue weighted by molar-refractivity contribution is 0.445. The van der Waals surface area contributed by atoms with Crippen LogP contribution >= 0.6 is 0 Å². The number of rotatable bonds is 5. The maximum absolute atomic E-state index is 5.83. The summed E-state index contributed by atoms with van der Waals surface area (Å²) in [6.45, 7) is 7.72. The van der Waals surface area contributed by atoms with Crippen LogP contribution in [0.5, 0.6) is 0 Å². The molecule has 80 valence electrons. The van der Waals surface area contributed by atoms with Crippen molar-refractivity contribution in [1.82, 2.24) is 5.32 Å². The van der Waals surface area contributed by atoms with Crippen molar-refractivity contribution < 1.29 is 4.42 Å². The zero-order valence-corrected chi connectivity index (χ0v) is 9.26. The molecule has 0 radical (unpaired) electrons. The molecule has 1 heterocycles. The fourth-order valence-corrected chi connectivity index (χ4v) is 1.24. The van der Waals surface area contributed by atoms with E-state index in [1.54, 1.807) is 0 Å². The SMILES string of the molecule is Cc1ccc(CCNCC(C)(C)N)o1. The maximum Gasteiger partial charge on any atom is 0.105 e. The zero-order chi connectivity index (χ0) is 10.6. The quantitative estimate of drug-likeness (QED) is 0.701. The van der Waals surface area contributed by atoms with E-state index >= 15 is 0 Å². The van der Waals surface area contributed by atoms with E-state index in [-0.39, 0.29) is 5.54 Å². The number of furan rings is 1. The number of nitrogens with two attached hydrogens (primary N) is 1. The smallest absolute Gasteiger partial charge is 0.105 e. The fourth-order valence-electron chi connectivity index (χ4n) is 1.24. The summed E-state index contributed by atoms with van der Waals surface area (Å²) in [7, 11) is 0. The molecule has 3 nitrogen and oxygen atoms in total. The second-order valence-electron chi connectivity index (χ2n) is 4.43. The van der Waals surface area contributed by atoms with E-state index in [2.05, 4.69) is 5.32 Å². The number of hydrogen-bond acceptors (Lipinski definition) is 3. The molecule has 0 fully saturated rings. The van der Waals surface area contributed by atoms with Crippen molar-refractivity contribution in [3.63, 3.8) is 0 Å². The first kappa shape index (κ1) is 11.3. The summed E-state index contributed by atoms with van der Waals surface area (Å²) in [4.78, 5) is 0. The molecule has 0 aliphatic carbocycles. The Balaban J connectivity index is 2.16. The summed E-state index contributed by atoms with van der Waals surface area (Å²) in [6, 6.07) is 4.01. The predicted octanol–water partition coefficient (Wildman–Crippen LogP) is 1.46. The topological polar surface area (TPSA) is 51.2 Å². The number of nitrogens with one attached hydrogen (secondary N) is 1. The molecular formula is C11H20N2O. The van der Waals surface area contributed by atoms with Gasteiger partial charge in [-0.05, 0) is 32.9 Å². The Bertz CT molecular complexity index is 273. The molecule has 1 rings (SSSR count). The highest BCUT2D eigenvalue weighted by Gasteiger charge is 2.08. The van der Waals surface area contributed by atoms with Gasteiger partial charge in [0.1, 0.15) is 11.5 Å². The van der Waals surface area contributed by atoms with Crippen LogP contribution in [0.1, 0.15) is 25.4 Å². The molecule has 0 bridgehead atoms. The second kappa shape index (κ2) is 4.62. The van der Waals surface area contributed by atoms with Crippen LogP contribution in [0.2, 0.25) is 0 Å². The molecule has 0 unspecified atom stereocenters. The van der Waals surface area contributed by atoms with Gasteiger partial charge in [0.25, 0.3) is 0 Å². The largest absolute Gasteiger partial charge is 0.466 e. The van der Waals surface area contributed by atoms with Gasteiger partial charge < -0.3 is 15.5 Å². The van der Waals surface area contributed by atoms with Gasteiger partial charge >= 0.3 is 0 Å². The molecule has 0 aliphatic rings. The van der Waals surface area contributed by atoms with Crippen molar-refractivity contribution in [2.75, 3.05) is 13.1 Å². The van der Waals surface area contributed by atoms with E-state index in [0.717, 1.165) is 31.0 Å². The molecule has 3 heteroatoms. The van der Waals surface area contributed by atoms with Crippen LogP contribution in [-0.2, 0) is 6.42 Å². The predicted molar refractivity (Wildman–Crippen MR) is 58.3 cm³/mol. The lowest BCUT2D eigenvalue weighted by Crippen LogP contribution is -2.43. The third-order valence-electron chi connectivity index (χ3n) is 1.92. The molecule has 0 spiro atoms. The Morgan fingerprint density at radius 3 is 2.64 bits per heavy atom. The minimum Gasteiger partial charge on any atom is -0.466 e. The van der Waals surface area contributed by atoms with E-state index < -0.39 is 0 Å². The second-order valence-corrected chi connectivity index (χ2v) is 4.43. The van der Waals surface area contributed by atoms with Crippen LogP contribution in [0.15, 0.2) is 16.5 Å². The minimum absolute atomic E-state index is 0.140. The average molecular weight is 196 g/mol. The Kier molecular flexibility index (Phi) is 3.72. The first-order valence-electron chi connectivity index (χ1n) is 5.02. The number of aryl methyl sites for hydroxylation is 1. The van der Waals surface area contributed by atoms with Crippen molar-refractivity contribution in [3.8, 4) is 0 Å². The summed E-state index contributed by atoms with van der Waals surface area (Å²) < 4.78 is 5.44. The first-order valence-corrected chi connectivity index (χ1v) is 5.02. The van der Waals surface area contributed by atoms with Gasteiger partial charge in [-0.3, -0.25) is 0 Å². The molecule has 14 heavy (non-hydrogen) atoms. The van der Waals surface area contributed by atoms with Crippen molar-refractivity contribution in [1.29, 1.82) is 0 Å². The lowest BCUT2D eigenvalue weighted by Gasteiger charge is -2.18. The summed E-state index contributed by atoms with van der Waals surface area (Å²) in [6.07, 6.45) is 0.921. The monoisotopic (exact) mass is 196 g/mol. The third kappa shape index (κ3) is 4.44. The van der Waals surface area contributed by atoms with Crippen molar-refractivity contribution in [2.24, 2.45) is 5.73 Å².